The Hall–Kier alpha value is -3.35. The molecular formula is C22H27N3O4. The maximum absolute atomic E-state index is 12.0. The maximum atomic E-state index is 12.0. The molecule has 0 unspecified atom stereocenters. The minimum atomic E-state index is -0.145. The Morgan fingerprint density at radius 3 is 1.90 bits per heavy atom. The van der Waals surface area contributed by atoms with Crippen LogP contribution in [-0.2, 0) is 14.4 Å². The van der Waals surface area contributed by atoms with Crippen molar-refractivity contribution < 1.29 is 19.5 Å². The molecule has 3 amide bonds. The first-order valence-corrected chi connectivity index (χ1v) is 9.60. The molecule has 4 N–H and O–H groups in total. The number of phenols is 1. The van der Waals surface area contributed by atoms with Crippen molar-refractivity contribution in [2.75, 3.05) is 16.0 Å². The summed E-state index contributed by atoms with van der Waals surface area (Å²) in [6.07, 6.45) is 2.93. The van der Waals surface area contributed by atoms with Crippen LogP contribution in [0.4, 0.5) is 17.1 Å². The van der Waals surface area contributed by atoms with Crippen molar-refractivity contribution in [3.05, 3.63) is 48.0 Å². The van der Waals surface area contributed by atoms with Gasteiger partial charge in [-0.05, 0) is 67.8 Å². The molecular weight excluding hydrogens is 370 g/mol. The number of rotatable bonds is 9. The number of hydrogen-bond acceptors (Lipinski definition) is 4. The highest BCUT2D eigenvalue weighted by molar-refractivity contribution is 5.92. The summed E-state index contributed by atoms with van der Waals surface area (Å²) in [4.78, 5) is 35.0. The summed E-state index contributed by atoms with van der Waals surface area (Å²) in [6, 6.07) is 11.7. The molecule has 2 aromatic carbocycles. The third-order valence-electron chi connectivity index (χ3n) is 4.28. The zero-order chi connectivity index (χ0) is 21.2. The van der Waals surface area contributed by atoms with E-state index in [0.717, 1.165) is 12.0 Å². The monoisotopic (exact) mass is 397 g/mol. The third kappa shape index (κ3) is 8.04. The zero-order valence-electron chi connectivity index (χ0n) is 16.7. The molecule has 0 saturated heterocycles. The lowest BCUT2D eigenvalue weighted by Gasteiger charge is -2.09. The van der Waals surface area contributed by atoms with Gasteiger partial charge in [-0.15, -0.1) is 0 Å². The molecule has 0 aromatic heterocycles. The summed E-state index contributed by atoms with van der Waals surface area (Å²) in [5.74, 6) is -0.139. The van der Waals surface area contributed by atoms with Crippen LogP contribution in [-0.4, -0.2) is 22.8 Å². The highest BCUT2D eigenvalue weighted by Crippen LogP contribution is 2.20. The van der Waals surface area contributed by atoms with Gasteiger partial charge in [-0.1, -0.05) is 6.42 Å². The Labute approximate surface area is 170 Å². The van der Waals surface area contributed by atoms with Crippen LogP contribution in [0.15, 0.2) is 42.5 Å². The first-order chi connectivity index (χ1) is 13.8. The molecule has 2 rings (SSSR count). The van der Waals surface area contributed by atoms with Gasteiger partial charge in [-0.3, -0.25) is 14.4 Å². The number of phenolic OH excluding ortho intramolecular Hbond substituents is 1. The smallest absolute Gasteiger partial charge is 0.224 e. The number of anilines is 3. The Balaban J connectivity index is 1.62. The van der Waals surface area contributed by atoms with Gasteiger partial charge in [0.15, 0.2) is 0 Å². The van der Waals surface area contributed by atoms with Crippen molar-refractivity contribution in [3.8, 4) is 5.75 Å². The summed E-state index contributed by atoms with van der Waals surface area (Å²) in [5.41, 5.74) is 2.85. The highest BCUT2D eigenvalue weighted by Gasteiger charge is 2.07. The molecule has 0 bridgehead atoms. The van der Waals surface area contributed by atoms with E-state index < -0.39 is 0 Å². The molecule has 7 heteroatoms. The Kier molecular flexibility index (Phi) is 8.21. The topological polar surface area (TPSA) is 108 Å². The van der Waals surface area contributed by atoms with Crippen LogP contribution < -0.4 is 16.0 Å². The molecule has 0 aliphatic heterocycles. The van der Waals surface area contributed by atoms with E-state index in [1.165, 1.54) is 13.0 Å². The average Bonchev–Trinajstić information content (AvgIpc) is 2.65. The molecule has 154 valence electrons. The molecule has 0 aliphatic carbocycles. The molecule has 7 nitrogen and oxygen atoms in total. The summed E-state index contributed by atoms with van der Waals surface area (Å²) in [6.45, 7) is 3.26. The number of aryl methyl sites for hydroxylation is 1. The second-order valence-corrected chi connectivity index (χ2v) is 6.91. The molecule has 29 heavy (non-hydrogen) atoms. The first kappa shape index (κ1) is 21.9. The van der Waals surface area contributed by atoms with Crippen LogP contribution >= 0.6 is 0 Å². The molecule has 0 saturated carbocycles. The lowest BCUT2D eigenvalue weighted by Crippen LogP contribution is -2.13. The van der Waals surface area contributed by atoms with Crippen LogP contribution in [0.1, 0.15) is 44.6 Å². The summed E-state index contributed by atoms with van der Waals surface area (Å²) >= 11 is 0. The van der Waals surface area contributed by atoms with Crippen LogP contribution in [0.5, 0.6) is 5.75 Å². The normalized spacial score (nSPS) is 10.3. The minimum absolute atomic E-state index is 0.0810. The quantitative estimate of drug-likeness (QED) is 0.376. The average molecular weight is 397 g/mol. The first-order valence-electron chi connectivity index (χ1n) is 9.60. The van der Waals surface area contributed by atoms with E-state index in [0.29, 0.717) is 42.7 Å². The van der Waals surface area contributed by atoms with E-state index >= 15 is 0 Å². The Morgan fingerprint density at radius 2 is 1.34 bits per heavy atom. The van der Waals surface area contributed by atoms with Gasteiger partial charge in [0.1, 0.15) is 5.75 Å². The van der Waals surface area contributed by atoms with Gasteiger partial charge in [-0.25, -0.2) is 0 Å². The van der Waals surface area contributed by atoms with E-state index in [4.69, 9.17) is 0 Å². The fourth-order valence-electron chi connectivity index (χ4n) is 2.81. The maximum Gasteiger partial charge on any atom is 0.224 e. The van der Waals surface area contributed by atoms with E-state index in [-0.39, 0.29) is 23.5 Å². The van der Waals surface area contributed by atoms with Crippen molar-refractivity contribution in [2.45, 2.75) is 46.0 Å². The van der Waals surface area contributed by atoms with Crippen molar-refractivity contribution in [1.82, 2.24) is 0 Å². The van der Waals surface area contributed by atoms with Gasteiger partial charge in [0.25, 0.3) is 0 Å². The van der Waals surface area contributed by atoms with Crippen molar-refractivity contribution in [3.63, 3.8) is 0 Å². The summed E-state index contributed by atoms with van der Waals surface area (Å²) in [7, 11) is 0. The van der Waals surface area contributed by atoms with Gasteiger partial charge in [-0.2, -0.15) is 0 Å². The molecule has 0 heterocycles. The van der Waals surface area contributed by atoms with Crippen LogP contribution in [0, 0.1) is 6.92 Å². The van der Waals surface area contributed by atoms with E-state index in [2.05, 4.69) is 16.0 Å². The molecule has 0 spiro atoms. The van der Waals surface area contributed by atoms with Gasteiger partial charge < -0.3 is 21.1 Å². The van der Waals surface area contributed by atoms with Crippen LogP contribution in [0.2, 0.25) is 0 Å². The fourth-order valence-corrected chi connectivity index (χ4v) is 2.81. The summed E-state index contributed by atoms with van der Waals surface area (Å²) in [5, 5.41) is 17.7. The lowest BCUT2D eigenvalue weighted by atomic mass is 10.1. The second kappa shape index (κ2) is 10.8. The van der Waals surface area contributed by atoms with Gasteiger partial charge in [0.2, 0.25) is 17.7 Å². The lowest BCUT2D eigenvalue weighted by molar-refractivity contribution is -0.116. The summed E-state index contributed by atoms with van der Waals surface area (Å²) < 4.78 is 0. The van der Waals surface area contributed by atoms with Gasteiger partial charge in [0, 0.05) is 36.8 Å². The van der Waals surface area contributed by atoms with Gasteiger partial charge in [0.05, 0.1) is 0 Å². The second-order valence-electron chi connectivity index (χ2n) is 6.91. The van der Waals surface area contributed by atoms with Gasteiger partial charge >= 0.3 is 0 Å². The van der Waals surface area contributed by atoms with Crippen molar-refractivity contribution >= 4 is 34.8 Å². The Morgan fingerprint density at radius 1 is 0.793 bits per heavy atom. The van der Waals surface area contributed by atoms with E-state index in [1.807, 2.05) is 6.92 Å². The Bertz CT molecular complexity index is 863. The van der Waals surface area contributed by atoms with Crippen molar-refractivity contribution in [2.24, 2.45) is 0 Å². The fraction of sp³-hybridized carbons (Fsp3) is 0.318. The number of amides is 3. The highest BCUT2D eigenvalue weighted by atomic mass is 16.3. The predicted molar refractivity (Wildman–Crippen MR) is 114 cm³/mol. The minimum Gasteiger partial charge on any atom is -0.508 e. The number of benzene rings is 2. The molecule has 0 aliphatic rings. The number of carbonyl (C=O) groups is 3. The number of aromatic hydroxyl groups is 1. The molecule has 2 aromatic rings. The predicted octanol–water partition coefficient (Wildman–Crippen LogP) is 4.19. The molecule has 0 radical (unpaired) electrons. The molecule has 0 atom stereocenters. The van der Waals surface area contributed by atoms with Crippen molar-refractivity contribution in [1.29, 1.82) is 0 Å². The number of nitrogens with one attached hydrogen (secondary N) is 3. The number of unbranched alkanes of at least 4 members (excludes halogenated alkanes) is 2. The van der Waals surface area contributed by atoms with Crippen LogP contribution in [0.25, 0.3) is 0 Å². The third-order valence-corrected chi connectivity index (χ3v) is 4.28. The molecule has 0 fully saturated rings. The van der Waals surface area contributed by atoms with E-state index in [9.17, 15) is 19.5 Å². The van der Waals surface area contributed by atoms with E-state index in [1.54, 1.807) is 36.4 Å². The number of carbonyl (C=O) groups excluding carboxylic acids is 3. The standard InChI is InChI=1S/C22H27N3O4/c1-15-14-19(27)12-13-20(15)25-22(29)7-5-3-4-6-21(28)24-18-10-8-17(9-11-18)23-16(2)26/h8-14,27H,3-7H2,1-2H3,(H,23,26)(H,24,28)(H,25,29). The van der Waals surface area contributed by atoms with Crippen LogP contribution in [0.3, 0.4) is 0 Å². The SMILES string of the molecule is CC(=O)Nc1ccc(NC(=O)CCCCCC(=O)Nc2ccc(O)cc2C)cc1. The number of hydrogen-bond donors (Lipinski definition) is 4. The largest absolute Gasteiger partial charge is 0.508 e. The zero-order valence-corrected chi connectivity index (χ0v) is 16.7.